The topological polar surface area (TPSA) is 81.5 Å². The SMILES string of the molecule is CC([N+](=O)[O-])C1(C(=O)OC(C)(C)C)CCCN1. The van der Waals surface area contributed by atoms with Gasteiger partial charge in [-0.1, -0.05) is 0 Å². The van der Waals surface area contributed by atoms with E-state index < -0.39 is 28.1 Å². The molecule has 0 aromatic carbocycles. The van der Waals surface area contributed by atoms with Gasteiger partial charge in [0.05, 0.1) is 0 Å². The number of nitrogens with one attached hydrogen (secondary N) is 1. The number of ether oxygens (including phenoxy) is 1. The largest absolute Gasteiger partial charge is 0.458 e. The predicted octanol–water partition coefficient (Wildman–Crippen LogP) is 1.12. The third-order valence-electron chi connectivity index (χ3n) is 2.98. The van der Waals surface area contributed by atoms with Crippen LogP contribution in [0.1, 0.15) is 40.5 Å². The number of rotatable bonds is 3. The molecule has 2 atom stereocenters. The highest BCUT2D eigenvalue weighted by atomic mass is 16.6. The van der Waals surface area contributed by atoms with Gasteiger partial charge in [-0.2, -0.15) is 0 Å². The molecule has 1 rings (SSSR count). The molecular weight excluding hydrogens is 224 g/mol. The maximum Gasteiger partial charge on any atom is 0.334 e. The average molecular weight is 244 g/mol. The summed E-state index contributed by atoms with van der Waals surface area (Å²) in [6.07, 6.45) is 1.20. The van der Waals surface area contributed by atoms with E-state index in [9.17, 15) is 14.9 Å². The Morgan fingerprint density at radius 2 is 2.12 bits per heavy atom. The Bertz CT molecular complexity index is 316. The van der Waals surface area contributed by atoms with E-state index in [4.69, 9.17) is 4.74 Å². The van der Waals surface area contributed by atoms with E-state index >= 15 is 0 Å². The molecule has 98 valence electrons. The third-order valence-corrected chi connectivity index (χ3v) is 2.98. The molecule has 0 saturated carbocycles. The van der Waals surface area contributed by atoms with Crippen LogP contribution in [-0.2, 0) is 9.53 Å². The van der Waals surface area contributed by atoms with Crippen molar-refractivity contribution in [2.24, 2.45) is 0 Å². The monoisotopic (exact) mass is 244 g/mol. The van der Waals surface area contributed by atoms with E-state index in [0.717, 1.165) is 6.42 Å². The smallest absolute Gasteiger partial charge is 0.334 e. The van der Waals surface area contributed by atoms with Gasteiger partial charge in [0.25, 0.3) is 0 Å². The van der Waals surface area contributed by atoms with Crippen LogP contribution >= 0.6 is 0 Å². The Balaban J connectivity index is 2.92. The highest BCUT2D eigenvalue weighted by molar-refractivity contribution is 5.82. The fraction of sp³-hybridized carbons (Fsp3) is 0.909. The van der Waals surface area contributed by atoms with Crippen LogP contribution in [0.2, 0.25) is 0 Å². The van der Waals surface area contributed by atoms with Gasteiger partial charge in [0.1, 0.15) is 5.60 Å². The minimum atomic E-state index is -1.17. The van der Waals surface area contributed by atoms with Crippen molar-refractivity contribution >= 4 is 5.97 Å². The zero-order chi connectivity index (χ0) is 13.3. The molecule has 1 fully saturated rings. The van der Waals surface area contributed by atoms with E-state index in [2.05, 4.69) is 5.32 Å². The number of esters is 1. The summed E-state index contributed by atoms with van der Waals surface area (Å²) < 4.78 is 5.29. The van der Waals surface area contributed by atoms with Crippen LogP contribution in [0.25, 0.3) is 0 Å². The minimum Gasteiger partial charge on any atom is -0.458 e. The summed E-state index contributed by atoms with van der Waals surface area (Å²) in [6, 6.07) is -0.986. The van der Waals surface area contributed by atoms with Crippen molar-refractivity contribution in [3.8, 4) is 0 Å². The van der Waals surface area contributed by atoms with E-state index in [1.807, 2.05) is 0 Å². The molecule has 0 radical (unpaired) electrons. The Morgan fingerprint density at radius 3 is 2.47 bits per heavy atom. The van der Waals surface area contributed by atoms with Gasteiger partial charge in [-0.05, 0) is 40.2 Å². The quantitative estimate of drug-likeness (QED) is 0.457. The van der Waals surface area contributed by atoms with Crippen LogP contribution in [0.4, 0.5) is 0 Å². The summed E-state index contributed by atoms with van der Waals surface area (Å²) in [5.41, 5.74) is -1.80. The first-order chi connectivity index (χ1) is 7.69. The van der Waals surface area contributed by atoms with E-state index in [1.165, 1.54) is 6.92 Å². The number of carbonyl (C=O) groups excluding carboxylic acids is 1. The molecule has 0 aromatic rings. The van der Waals surface area contributed by atoms with Gasteiger partial charge in [-0.15, -0.1) is 0 Å². The molecule has 17 heavy (non-hydrogen) atoms. The number of nitro groups is 1. The predicted molar refractivity (Wildman–Crippen MR) is 62.3 cm³/mol. The first-order valence-corrected chi connectivity index (χ1v) is 5.81. The summed E-state index contributed by atoms with van der Waals surface area (Å²) in [6.45, 7) is 7.32. The van der Waals surface area contributed by atoms with E-state index in [0.29, 0.717) is 13.0 Å². The number of hydrogen-bond acceptors (Lipinski definition) is 5. The van der Waals surface area contributed by atoms with Crippen LogP contribution in [0.3, 0.4) is 0 Å². The second kappa shape index (κ2) is 4.60. The van der Waals surface area contributed by atoms with Crippen molar-refractivity contribution in [3.05, 3.63) is 10.1 Å². The summed E-state index contributed by atoms with van der Waals surface area (Å²) in [5, 5.41) is 13.9. The molecule has 2 unspecified atom stereocenters. The molecule has 6 heteroatoms. The van der Waals surface area contributed by atoms with Gasteiger partial charge in [-0.3, -0.25) is 15.4 Å². The first kappa shape index (κ1) is 13.9. The fourth-order valence-electron chi connectivity index (χ4n) is 2.02. The van der Waals surface area contributed by atoms with E-state index in [1.54, 1.807) is 20.8 Å². The third kappa shape index (κ3) is 2.94. The zero-order valence-electron chi connectivity index (χ0n) is 10.8. The molecular formula is C11H20N2O4. The zero-order valence-corrected chi connectivity index (χ0v) is 10.8. The fourth-order valence-corrected chi connectivity index (χ4v) is 2.02. The Hall–Kier alpha value is -1.17. The summed E-state index contributed by atoms with van der Waals surface area (Å²) in [4.78, 5) is 22.6. The lowest BCUT2D eigenvalue weighted by molar-refractivity contribution is -0.527. The second-order valence-electron chi connectivity index (χ2n) is 5.46. The maximum atomic E-state index is 12.1. The lowest BCUT2D eigenvalue weighted by Crippen LogP contribution is -2.60. The number of hydrogen-bond donors (Lipinski definition) is 1. The Kier molecular flexibility index (Phi) is 3.76. The lowest BCUT2D eigenvalue weighted by Gasteiger charge is -2.31. The molecule has 6 nitrogen and oxygen atoms in total. The second-order valence-corrected chi connectivity index (χ2v) is 5.46. The first-order valence-electron chi connectivity index (χ1n) is 5.81. The number of carbonyl (C=O) groups is 1. The molecule has 0 bridgehead atoms. The standard InChI is InChI=1S/C11H20N2O4/c1-8(13(15)16)11(6-5-7-12-11)9(14)17-10(2,3)4/h8,12H,5-7H2,1-4H3. The summed E-state index contributed by atoms with van der Waals surface area (Å²) in [7, 11) is 0. The number of nitrogens with zero attached hydrogens (tertiary/aromatic N) is 1. The Labute approximate surface area is 101 Å². The molecule has 0 aromatic heterocycles. The molecule has 1 N–H and O–H groups in total. The van der Waals surface area contributed by atoms with Crippen molar-refractivity contribution in [3.63, 3.8) is 0 Å². The molecule has 1 aliphatic rings. The van der Waals surface area contributed by atoms with Gasteiger partial charge in [0.2, 0.25) is 6.04 Å². The average Bonchev–Trinajstić information content (AvgIpc) is 2.63. The van der Waals surface area contributed by atoms with Crippen LogP contribution in [0.5, 0.6) is 0 Å². The summed E-state index contributed by atoms with van der Waals surface area (Å²) in [5.74, 6) is -0.522. The van der Waals surface area contributed by atoms with Gasteiger partial charge >= 0.3 is 5.97 Å². The van der Waals surface area contributed by atoms with Gasteiger partial charge in [0.15, 0.2) is 5.54 Å². The Morgan fingerprint density at radius 1 is 1.53 bits per heavy atom. The van der Waals surface area contributed by atoms with Gasteiger partial charge in [0, 0.05) is 11.8 Å². The van der Waals surface area contributed by atoms with Crippen LogP contribution in [-0.4, -0.2) is 34.6 Å². The maximum absolute atomic E-state index is 12.1. The molecule has 0 spiro atoms. The van der Waals surface area contributed by atoms with Crippen LogP contribution < -0.4 is 5.32 Å². The van der Waals surface area contributed by atoms with Crippen LogP contribution in [0.15, 0.2) is 0 Å². The minimum absolute atomic E-state index is 0.428. The van der Waals surface area contributed by atoms with Crippen molar-refractivity contribution < 1.29 is 14.5 Å². The van der Waals surface area contributed by atoms with Crippen molar-refractivity contribution in [1.29, 1.82) is 0 Å². The van der Waals surface area contributed by atoms with Gasteiger partial charge in [-0.25, -0.2) is 4.79 Å². The van der Waals surface area contributed by atoms with E-state index in [-0.39, 0.29) is 0 Å². The molecule has 0 aliphatic carbocycles. The molecule has 0 amide bonds. The van der Waals surface area contributed by atoms with Crippen molar-refractivity contribution in [2.45, 2.75) is 57.7 Å². The molecule has 1 aliphatic heterocycles. The highest BCUT2D eigenvalue weighted by Crippen LogP contribution is 2.28. The normalized spacial score (nSPS) is 26.6. The molecule has 1 heterocycles. The van der Waals surface area contributed by atoms with Crippen LogP contribution in [0, 0.1) is 10.1 Å². The van der Waals surface area contributed by atoms with Crippen molar-refractivity contribution in [2.75, 3.05) is 6.54 Å². The highest BCUT2D eigenvalue weighted by Gasteiger charge is 2.54. The van der Waals surface area contributed by atoms with Crippen molar-refractivity contribution in [1.82, 2.24) is 5.32 Å². The lowest BCUT2D eigenvalue weighted by atomic mass is 9.89. The molecule has 1 saturated heterocycles. The van der Waals surface area contributed by atoms with Gasteiger partial charge < -0.3 is 4.74 Å². The summed E-state index contributed by atoms with van der Waals surface area (Å²) >= 11 is 0.